The van der Waals surface area contributed by atoms with Crippen LogP contribution in [0.4, 0.5) is 5.69 Å². The number of nitrogens with zero attached hydrogens (tertiary/aromatic N) is 1. The Labute approximate surface area is 139 Å². The maximum atomic E-state index is 9.92. The summed E-state index contributed by atoms with van der Waals surface area (Å²) in [6.07, 6.45) is 2.62. The number of fused-ring (bicyclic) bond motifs is 1. The maximum absolute atomic E-state index is 9.92. The minimum absolute atomic E-state index is 0.824. The number of hydrogen-bond acceptors (Lipinski definition) is 3. The molecule has 3 rings (SSSR count). The van der Waals surface area contributed by atoms with Crippen LogP contribution in [0.25, 0.3) is 0 Å². The molecule has 2 aromatic rings. The summed E-state index contributed by atoms with van der Waals surface area (Å²) in [6, 6.07) is 14.4. The average Bonchev–Trinajstić information content (AvgIpc) is 2.53. The van der Waals surface area contributed by atoms with Crippen LogP contribution in [0.1, 0.15) is 36.5 Å². The molecule has 114 valence electrons. The standard InChI is InChI=1S/C18H19BrN2O/c1-2-3-4-12-5-7-13(8-6-12)17-15-11-14(19)9-10-16(15)20-18(22)21-17/h5-11,18,20,22H,2-4H2,1H3. The van der Waals surface area contributed by atoms with E-state index in [4.69, 9.17) is 0 Å². The monoisotopic (exact) mass is 358 g/mol. The van der Waals surface area contributed by atoms with Gasteiger partial charge in [-0.15, -0.1) is 0 Å². The lowest BCUT2D eigenvalue weighted by Crippen LogP contribution is -2.25. The number of rotatable bonds is 4. The maximum Gasteiger partial charge on any atom is 0.223 e. The Kier molecular flexibility index (Phi) is 4.60. The van der Waals surface area contributed by atoms with Gasteiger partial charge in [-0.3, -0.25) is 0 Å². The van der Waals surface area contributed by atoms with Crippen LogP contribution in [0, 0.1) is 0 Å². The SMILES string of the molecule is CCCCc1ccc(C2=NC(O)Nc3ccc(Br)cc32)cc1. The molecule has 1 aliphatic heterocycles. The van der Waals surface area contributed by atoms with Crippen LogP contribution in [0.3, 0.4) is 0 Å². The predicted molar refractivity (Wildman–Crippen MR) is 94.5 cm³/mol. The van der Waals surface area contributed by atoms with E-state index in [1.165, 1.54) is 18.4 Å². The van der Waals surface area contributed by atoms with Crippen molar-refractivity contribution in [2.24, 2.45) is 4.99 Å². The van der Waals surface area contributed by atoms with Crippen LogP contribution in [0.15, 0.2) is 51.9 Å². The number of unbranched alkanes of at least 4 members (excludes halogenated alkanes) is 1. The summed E-state index contributed by atoms with van der Waals surface area (Å²) in [7, 11) is 0. The van der Waals surface area contributed by atoms with Crippen LogP contribution in [0.2, 0.25) is 0 Å². The van der Waals surface area contributed by atoms with E-state index >= 15 is 0 Å². The summed E-state index contributed by atoms with van der Waals surface area (Å²) in [5.74, 6) is 0. The Morgan fingerprint density at radius 1 is 1.18 bits per heavy atom. The van der Waals surface area contributed by atoms with Crippen LogP contribution in [0.5, 0.6) is 0 Å². The third-order valence-electron chi connectivity index (χ3n) is 3.82. The van der Waals surface area contributed by atoms with Crippen molar-refractivity contribution in [3.05, 3.63) is 63.6 Å². The first-order valence-corrected chi connectivity index (χ1v) is 8.38. The van der Waals surface area contributed by atoms with E-state index in [9.17, 15) is 5.11 Å². The molecule has 2 aromatic carbocycles. The molecule has 0 aliphatic carbocycles. The third-order valence-corrected chi connectivity index (χ3v) is 4.31. The highest BCUT2D eigenvalue weighted by Crippen LogP contribution is 2.28. The van der Waals surface area contributed by atoms with E-state index in [2.05, 4.69) is 57.4 Å². The van der Waals surface area contributed by atoms with Gasteiger partial charge in [0, 0.05) is 21.3 Å². The molecule has 0 saturated carbocycles. The lowest BCUT2D eigenvalue weighted by atomic mass is 9.97. The molecule has 1 unspecified atom stereocenters. The number of aryl methyl sites for hydroxylation is 1. The molecule has 0 bridgehead atoms. The molecule has 22 heavy (non-hydrogen) atoms. The van der Waals surface area contributed by atoms with E-state index in [0.29, 0.717) is 0 Å². The highest BCUT2D eigenvalue weighted by atomic mass is 79.9. The molecule has 4 heteroatoms. The Hall–Kier alpha value is -1.65. The van der Waals surface area contributed by atoms with Gasteiger partial charge in [0.05, 0.1) is 5.71 Å². The smallest absolute Gasteiger partial charge is 0.223 e. The molecular weight excluding hydrogens is 340 g/mol. The highest BCUT2D eigenvalue weighted by Gasteiger charge is 2.20. The lowest BCUT2D eigenvalue weighted by Gasteiger charge is -2.23. The molecule has 0 fully saturated rings. The van der Waals surface area contributed by atoms with Crippen LogP contribution in [-0.2, 0) is 6.42 Å². The van der Waals surface area contributed by atoms with Gasteiger partial charge in [-0.1, -0.05) is 53.5 Å². The summed E-state index contributed by atoms with van der Waals surface area (Å²) in [6.45, 7) is 2.20. The molecule has 0 spiro atoms. The minimum atomic E-state index is -0.900. The molecule has 1 atom stereocenters. The molecule has 0 saturated heterocycles. The number of aliphatic hydroxyl groups excluding tert-OH is 1. The molecule has 1 heterocycles. The van der Waals surface area contributed by atoms with Gasteiger partial charge in [0.15, 0.2) is 0 Å². The molecular formula is C18H19BrN2O. The highest BCUT2D eigenvalue weighted by molar-refractivity contribution is 9.10. The number of nitrogens with one attached hydrogen (secondary N) is 1. The van der Waals surface area contributed by atoms with Crippen LogP contribution < -0.4 is 5.32 Å². The van der Waals surface area contributed by atoms with Gasteiger partial charge in [-0.25, -0.2) is 4.99 Å². The van der Waals surface area contributed by atoms with Gasteiger partial charge < -0.3 is 10.4 Å². The number of aliphatic imine (C=N–C) groups is 1. The van der Waals surface area contributed by atoms with Crippen molar-refractivity contribution in [3.63, 3.8) is 0 Å². The topological polar surface area (TPSA) is 44.6 Å². The normalized spacial score (nSPS) is 16.7. The number of benzene rings is 2. The van der Waals surface area contributed by atoms with Crippen molar-refractivity contribution in [1.29, 1.82) is 0 Å². The first-order valence-electron chi connectivity index (χ1n) is 7.59. The molecule has 0 amide bonds. The summed E-state index contributed by atoms with van der Waals surface area (Å²) in [5.41, 5.74) is 5.09. The van der Waals surface area contributed by atoms with E-state index in [-0.39, 0.29) is 0 Å². The second-order valence-corrected chi connectivity index (χ2v) is 6.40. The average molecular weight is 359 g/mol. The fraction of sp³-hybridized carbons (Fsp3) is 0.278. The van der Waals surface area contributed by atoms with Gasteiger partial charge in [0.1, 0.15) is 0 Å². The second kappa shape index (κ2) is 6.63. The van der Waals surface area contributed by atoms with Crippen molar-refractivity contribution >= 4 is 27.3 Å². The Balaban J connectivity index is 1.95. The van der Waals surface area contributed by atoms with Gasteiger partial charge in [0.2, 0.25) is 6.35 Å². The lowest BCUT2D eigenvalue weighted by molar-refractivity contribution is 0.213. The molecule has 0 aromatic heterocycles. The quantitative estimate of drug-likeness (QED) is 0.854. The van der Waals surface area contributed by atoms with Gasteiger partial charge >= 0.3 is 0 Å². The molecule has 3 nitrogen and oxygen atoms in total. The third kappa shape index (κ3) is 3.23. The number of hydrogen-bond donors (Lipinski definition) is 2. The number of anilines is 1. The summed E-state index contributed by atoms with van der Waals surface area (Å²) in [5, 5.41) is 12.9. The molecule has 2 N–H and O–H groups in total. The number of aliphatic hydroxyl groups is 1. The van der Waals surface area contributed by atoms with Crippen molar-refractivity contribution in [2.75, 3.05) is 5.32 Å². The minimum Gasteiger partial charge on any atom is -0.355 e. The van der Waals surface area contributed by atoms with E-state index in [1.54, 1.807) is 0 Å². The summed E-state index contributed by atoms with van der Waals surface area (Å²) >= 11 is 3.50. The van der Waals surface area contributed by atoms with Gasteiger partial charge in [-0.05, 0) is 36.6 Å². The van der Waals surface area contributed by atoms with E-state index in [1.807, 2.05) is 18.2 Å². The zero-order valence-electron chi connectivity index (χ0n) is 12.5. The van der Waals surface area contributed by atoms with Crippen LogP contribution >= 0.6 is 15.9 Å². The summed E-state index contributed by atoms with van der Waals surface area (Å²) < 4.78 is 0.997. The van der Waals surface area contributed by atoms with E-state index < -0.39 is 6.35 Å². The zero-order valence-corrected chi connectivity index (χ0v) is 14.1. The summed E-state index contributed by atoms with van der Waals surface area (Å²) in [4.78, 5) is 4.37. The molecule has 1 aliphatic rings. The Morgan fingerprint density at radius 2 is 1.95 bits per heavy atom. The predicted octanol–water partition coefficient (Wildman–Crippen LogP) is 4.33. The first-order chi connectivity index (χ1) is 10.7. The Morgan fingerprint density at radius 3 is 2.68 bits per heavy atom. The first kappa shape index (κ1) is 15.3. The van der Waals surface area contributed by atoms with Crippen molar-refractivity contribution < 1.29 is 5.11 Å². The van der Waals surface area contributed by atoms with Gasteiger partial charge in [-0.2, -0.15) is 0 Å². The fourth-order valence-electron chi connectivity index (χ4n) is 2.64. The Bertz CT molecular complexity index is 695. The molecule has 0 radical (unpaired) electrons. The fourth-order valence-corrected chi connectivity index (χ4v) is 3.00. The van der Waals surface area contributed by atoms with Crippen molar-refractivity contribution in [3.8, 4) is 0 Å². The van der Waals surface area contributed by atoms with Crippen molar-refractivity contribution in [2.45, 2.75) is 32.5 Å². The van der Waals surface area contributed by atoms with E-state index in [0.717, 1.165) is 33.4 Å². The second-order valence-electron chi connectivity index (χ2n) is 5.49. The zero-order chi connectivity index (χ0) is 15.5. The number of halogens is 1. The largest absolute Gasteiger partial charge is 0.355 e. The van der Waals surface area contributed by atoms with Crippen molar-refractivity contribution in [1.82, 2.24) is 0 Å². The van der Waals surface area contributed by atoms with Gasteiger partial charge in [0.25, 0.3) is 0 Å². The van der Waals surface area contributed by atoms with Crippen LogP contribution in [-0.4, -0.2) is 17.2 Å².